The van der Waals surface area contributed by atoms with Crippen molar-refractivity contribution >= 4 is 11.9 Å². The lowest BCUT2D eigenvalue weighted by molar-refractivity contribution is -0.0564. The van der Waals surface area contributed by atoms with Crippen LogP contribution in [0.2, 0.25) is 0 Å². The highest BCUT2D eigenvalue weighted by molar-refractivity contribution is 5.93. The Morgan fingerprint density at radius 2 is 1.65 bits per heavy atom. The molecule has 0 bridgehead atoms. The molecule has 0 atom stereocenters. The summed E-state index contributed by atoms with van der Waals surface area (Å²) in [7, 11) is 0. The quantitative estimate of drug-likeness (QED) is 0.560. The number of nitrogens with two attached hydrogens (primary N) is 1. The van der Waals surface area contributed by atoms with Gasteiger partial charge in [-0.3, -0.25) is 10.0 Å². The first-order valence-corrected chi connectivity index (χ1v) is 6.93. The molecule has 120 valence electrons. The number of urea groups is 1. The fourth-order valence-corrected chi connectivity index (χ4v) is 1.83. The smallest absolute Gasteiger partial charge is 0.312 e. The molecule has 0 spiro atoms. The molecule has 2 aromatic rings. The molecule has 7 nitrogen and oxygen atoms in total. The van der Waals surface area contributed by atoms with E-state index in [0.717, 1.165) is 0 Å². The highest BCUT2D eigenvalue weighted by Gasteiger charge is 2.13. The van der Waals surface area contributed by atoms with Crippen molar-refractivity contribution in [2.24, 2.45) is 5.73 Å². The monoisotopic (exact) mass is 315 g/mol. The predicted molar refractivity (Wildman–Crippen MR) is 83.4 cm³/mol. The van der Waals surface area contributed by atoms with Gasteiger partial charge in [0.2, 0.25) is 0 Å². The van der Waals surface area contributed by atoms with E-state index in [9.17, 15) is 14.8 Å². The fraction of sp³-hybridized carbons (Fsp3) is 0.125. The molecule has 0 radical (unpaired) electrons. The van der Waals surface area contributed by atoms with Gasteiger partial charge in [0, 0.05) is 12.1 Å². The van der Waals surface area contributed by atoms with E-state index in [1.54, 1.807) is 24.3 Å². The molecule has 0 aromatic heterocycles. The lowest BCUT2D eigenvalue weighted by Crippen LogP contribution is -2.38. The summed E-state index contributed by atoms with van der Waals surface area (Å²) in [5.74, 6) is 0.683. The van der Waals surface area contributed by atoms with Gasteiger partial charge in [-0.2, -0.15) is 0 Å². The fourth-order valence-electron chi connectivity index (χ4n) is 1.83. The Balaban J connectivity index is 1.93. The largest absolute Gasteiger partial charge is 0.457 e. The van der Waals surface area contributed by atoms with Crippen LogP contribution in [0.4, 0.5) is 4.79 Å². The zero-order valence-corrected chi connectivity index (χ0v) is 12.3. The van der Waals surface area contributed by atoms with Gasteiger partial charge in [-0.05, 0) is 36.4 Å². The predicted octanol–water partition coefficient (Wildman–Crippen LogP) is 1.98. The van der Waals surface area contributed by atoms with Crippen molar-refractivity contribution in [2.75, 3.05) is 13.1 Å². The third kappa shape index (κ3) is 5.01. The summed E-state index contributed by atoms with van der Waals surface area (Å²) in [6.07, 6.45) is 0. The third-order valence-electron chi connectivity index (χ3n) is 2.94. The van der Waals surface area contributed by atoms with E-state index in [2.05, 4.69) is 5.32 Å². The van der Waals surface area contributed by atoms with Crippen LogP contribution >= 0.6 is 0 Å². The Hall–Kier alpha value is -3.06. The summed E-state index contributed by atoms with van der Waals surface area (Å²) >= 11 is 0. The van der Waals surface area contributed by atoms with Gasteiger partial charge in [-0.1, -0.05) is 18.2 Å². The minimum absolute atomic E-state index is 0.0623. The van der Waals surface area contributed by atoms with Crippen molar-refractivity contribution in [1.82, 2.24) is 10.4 Å². The number of para-hydroxylation sites is 1. The van der Waals surface area contributed by atoms with Crippen LogP contribution in [-0.2, 0) is 0 Å². The van der Waals surface area contributed by atoms with Crippen molar-refractivity contribution in [2.45, 2.75) is 0 Å². The Morgan fingerprint density at radius 3 is 2.26 bits per heavy atom. The van der Waals surface area contributed by atoms with Crippen molar-refractivity contribution < 1.29 is 19.5 Å². The van der Waals surface area contributed by atoms with Gasteiger partial charge in [0.15, 0.2) is 0 Å². The number of carbonyl (C=O) groups is 2. The van der Waals surface area contributed by atoms with Crippen molar-refractivity contribution in [3.8, 4) is 11.5 Å². The number of nitrogens with zero attached hydrogens (tertiary/aromatic N) is 1. The van der Waals surface area contributed by atoms with Gasteiger partial charge in [0.1, 0.15) is 11.5 Å². The van der Waals surface area contributed by atoms with Crippen molar-refractivity contribution in [3.63, 3.8) is 0 Å². The topological polar surface area (TPSA) is 105 Å². The summed E-state index contributed by atoms with van der Waals surface area (Å²) < 4.78 is 5.62. The maximum atomic E-state index is 12.0. The number of primary amides is 1. The van der Waals surface area contributed by atoms with E-state index in [-0.39, 0.29) is 13.1 Å². The minimum atomic E-state index is -0.715. The second-order valence-electron chi connectivity index (χ2n) is 4.66. The number of nitrogens with one attached hydrogen (secondary N) is 1. The number of amides is 3. The third-order valence-corrected chi connectivity index (χ3v) is 2.94. The minimum Gasteiger partial charge on any atom is -0.457 e. The van der Waals surface area contributed by atoms with Crippen LogP contribution in [0.25, 0.3) is 0 Å². The molecule has 0 fully saturated rings. The van der Waals surface area contributed by atoms with Crippen LogP contribution in [0.3, 0.4) is 0 Å². The maximum Gasteiger partial charge on any atom is 0.312 e. The SMILES string of the molecule is NC(=O)NCCN(O)C(=O)c1ccc(Oc2ccccc2)cc1. The Kier molecular flexibility index (Phi) is 5.54. The van der Waals surface area contributed by atoms with Gasteiger partial charge >= 0.3 is 6.03 Å². The van der Waals surface area contributed by atoms with Crippen LogP contribution < -0.4 is 15.8 Å². The van der Waals surface area contributed by atoms with Crippen molar-refractivity contribution in [1.29, 1.82) is 0 Å². The molecule has 0 aliphatic carbocycles. The standard InChI is InChI=1S/C16H17N3O4/c17-16(21)18-10-11-19(22)15(20)12-6-8-14(9-7-12)23-13-4-2-1-3-5-13/h1-9,22H,10-11H2,(H3,17,18,21). The molecule has 0 aliphatic heterocycles. The molecule has 7 heteroatoms. The molecule has 0 saturated carbocycles. The number of carbonyl (C=O) groups excluding carboxylic acids is 2. The van der Waals surface area contributed by atoms with E-state index in [1.165, 1.54) is 0 Å². The molecule has 4 N–H and O–H groups in total. The molecular weight excluding hydrogens is 298 g/mol. The van der Waals surface area contributed by atoms with Gasteiger partial charge in [-0.15, -0.1) is 0 Å². The first-order valence-electron chi connectivity index (χ1n) is 6.93. The van der Waals surface area contributed by atoms with E-state index in [1.807, 2.05) is 30.3 Å². The number of benzene rings is 2. The highest BCUT2D eigenvalue weighted by Crippen LogP contribution is 2.21. The van der Waals surface area contributed by atoms with Crippen LogP contribution in [0.5, 0.6) is 11.5 Å². The maximum absolute atomic E-state index is 12.0. The van der Waals surface area contributed by atoms with Gasteiger partial charge in [0.25, 0.3) is 5.91 Å². The van der Waals surface area contributed by atoms with Crippen molar-refractivity contribution in [3.05, 3.63) is 60.2 Å². The second kappa shape index (κ2) is 7.81. The summed E-state index contributed by atoms with van der Waals surface area (Å²) in [5.41, 5.74) is 5.19. The molecule has 0 aliphatic rings. The van der Waals surface area contributed by atoms with Crippen LogP contribution in [0.15, 0.2) is 54.6 Å². The average Bonchev–Trinajstić information content (AvgIpc) is 2.55. The molecule has 0 saturated heterocycles. The highest BCUT2D eigenvalue weighted by atomic mass is 16.5. The van der Waals surface area contributed by atoms with Crippen LogP contribution in [0, 0.1) is 0 Å². The molecule has 0 unspecified atom stereocenters. The summed E-state index contributed by atoms with van der Waals surface area (Å²) in [6.45, 7) is -0.00316. The number of hydrogen-bond acceptors (Lipinski definition) is 4. The summed E-state index contributed by atoms with van der Waals surface area (Å²) in [5, 5.41) is 12.4. The average molecular weight is 315 g/mol. The molecule has 2 aromatic carbocycles. The Morgan fingerprint density at radius 1 is 1.04 bits per heavy atom. The van der Waals surface area contributed by atoms with Crippen LogP contribution in [0.1, 0.15) is 10.4 Å². The Labute approximate surface area is 133 Å². The second-order valence-corrected chi connectivity index (χ2v) is 4.66. The van der Waals surface area contributed by atoms with E-state index in [0.29, 0.717) is 22.1 Å². The number of hydrogen-bond donors (Lipinski definition) is 3. The number of rotatable bonds is 6. The Bertz CT molecular complexity index is 659. The number of hydroxylamine groups is 2. The van der Waals surface area contributed by atoms with Gasteiger partial charge < -0.3 is 15.8 Å². The molecule has 0 heterocycles. The van der Waals surface area contributed by atoms with Gasteiger partial charge in [-0.25, -0.2) is 9.86 Å². The van der Waals surface area contributed by atoms with E-state index in [4.69, 9.17) is 10.5 Å². The summed E-state index contributed by atoms with van der Waals surface area (Å²) in [4.78, 5) is 22.5. The van der Waals surface area contributed by atoms with E-state index >= 15 is 0 Å². The molecule has 3 amide bonds. The lowest BCUT2D eigenvalue weighted by Gasteiger charge is -2.15. The zero-order valence-electron chi connectivity index (χ0n) is 12.3. The lowest BCUT2D eigenvalue weighted by atomic mass is 10.2. The normalized spacial score (nSPS) is 9.96. The molecule has 2 rings (SSSR count). The van der Waals surface area contributed by atoms with Crippen LogP contribution in [-0.4, -0.2) is 35.3 Å². The zero-order chi connectivity index (χ0) is 16.7. The first kappa shape index (κ1) is 16.3. The first-order chi connectivity index (χ1) is 11.1. The van der Waals surface area contributed by atoms with E-state index < -0.39 is 11.9 Å². The summed E-state index contributed by atoms with van der Waals surface area (Å²) in [6, 6.07) is 14.9. The van der Waals surface area contributed by atoms with Gasteiger partial charge in [0.05, 0.1) is 6.54 Å². The number of ether oxygens (including phenoxy) is 1. The molecule has 23 heavy (non-hydrogen) atoms. The molecular formula is C16H17N3O4.